The van der Waals surface area contributed by atoms with E-state index in [1.165, 1.54) is 30.3 Å². The summed E-state index contributed by atoms with van der Waals surface area (Å²) >= 11 is 0. The number of aromatic carboxylic acids is 1. The van der Waals surface area contributed by atoms with Crippen LogP contribution < -0.4 is 10.2 Å². The molecule has 3 rings (SSSR count). The maximum atomic E-state index is 13.1. The molecule has 1 aliphatic rings. The molecule has 0 atom stereocenters. The number of halogens is 4. The van der Waals surface area contributed by atoms with Gasteiger partial charge < -0.3 is 20.4 Å². The number of hydrogen-bond acceptors (Lipinski definition) is 4. The zero-order valence-corrected chi connectivity index (χ0v) is 17.5. The van der Waals surface area contributed by atoms with Gasteiger partial charge in [0, 0.05) is 18.7 Å². The molecular weight excluding hydrogens is 448 g/mol. The summed E-state index contributed by atoms with van der Waals surface area (Å²) in [6.45, 7) is 3.92. The fourth-order valence-electron chi connectivity index (χ4n) is 3.09. The molecule has 0 bridgehead atoms. The third-order valence-electron chi connectivity index (χ3n) is 4.96. The van der Waals surface area contributed by atoms with E-state index in [1.807, 2.05) is 0 Å². The number of carbonyl (C=O) groups is 3. The molecule has 1 aliphatic heterocycles. The van der Waals surface area contributed by atoms with Gasteiger partial charge in [0.25, 0.3) is 5.91 Å². The van der Waals surface area contributed by atoms with Crippen molar-refractivity contribution in [1.29, 1.82) is 0 Å². The summed E-state index contributed by atoms with van der Waals surface area (Å²) in [5, 5.41) is 19.2. The molecular formula is C22H22F4N2O5. The van der Waals surface area contributed by atoms with Crippen LogP contribution in [-0.2, 0) is 4.79 Å². The van der Waals surface area contributed by atoms with Gasteiger partial charge in [-0.2, -0.15) is 13.2 Å². The molecule has 0 aliphatic carbocycles. The largest absolute Gasteiger partial charge is 0.490 e. The number of alkyl halides is 3. The van der Waals surface area contributed by atoms with E-state index in [4.69, 9.17) is 9.90 Å². The van der Waals surface area contributed by atoms with E-state index in [0.717, 1.165) is 31.6 Å². The second-order valence-electron chi connectivity index (χ2n) is 7.47. The number of carboxylic acids is 2. The predicted octanol–water partition coefficient (Wildman–Crippen LogP) is 4.65. The molecule has 0 radical (unpaired) electrons. The highest BCUT2D eigenvalue weighted by Gasteiger charge is 2.38. The van der Waals surface area contributed by atoms with Crippen LogP contribution in [0.5, 0.6) is 0 Å². The number of carbonyl (C=O) groups excluding carboxylic acids is 1. The van der Waals surface area contributed by atoms with Gasteiger partial charge in [0.05, 0.1) is 16.9 Å². The van der Waals surface area contributed by atoms with E-state index in [1.54, 1.807) is 12.1 Å². The first-order valence-corrected chi connectivity index (χ1v) is 9.87. The third-order valence-corrected chi connectivity index (χ3v) is 4.96. The van der Waals surface area contributed by atoms with Crippen molar-refractivity contribution in [1.82, 2.24) is 0 Å². The highest BCUT2D eigenvalue weighted by Crippen LogP contribution is 2.31. The number of nitrogens with one attached hydrogen (secondary N) is 1. The fourth-order valence-corrected chi connectivity index (χ4v) is 3.09. The minimum Gasteiger partial charge on any atom is -0.478 e. The Morgan fingerprint density at radius 2 is 1.48 bits per heavy atom. The van der Waals surface area contributed by atoms with Crippen LogP contribution in [0.25, 0.3) is 0 Å². The van der Waals surface area contributed by atoms with Gasteiger partial charge in [0.2, 0.25) is 0 Å². The van der Waals surface area contributed by atoms with Crippen molar-refractivity contribution in [2.75, 3.05) is 23.3 Å². The third kappa shape index (κ3) is 7.48. The fraction of sp³-hybridized carbons (Fsp3) is 0.318. The van der Waals surface area contributed by atoms with Crippen LogP contribution in [0.3, 0.4) is 0 Å². The van der Waals surface area contributed by atoms with Crippen LogP contribution in [-0.4, -0.2) is 47.3 Å². The summed E-state index contributed by atoms with van der Waals surface area (Å²) in [7, 11) is 0. The summed E-state index contributed by atoms with van der Waals surface area (Å²) in [6, 6.07) is 9.98. The lowest BCUT2D eigenvalue weighted by atomic mass is 9.98. The van der Waals surface area contributed by atoms with Gasteiger partial charge in [0.1, 0.15) is 5.82 Å². The first-order chi connectivity index (χ1) is 15.4. The molecule has 1 amide bonds. The highest BCUT2D eigenvalue weighted by molar-refractivity contribution is 6.06. The van der Waals surface area contributed by atoms with Crippen LogP contribution in [0, 0.1) is 11.7 Å². The Morgan fingerprint density at radius 1 is 0.970 bits per heavy atom. The van der Waals surface area contributed by atoms with E-state index in [0.29, 0.717) is 17.2 Å². The summed E-state index contributed by atoms with van der Waals surface area (Å²) in [6.07, 6.45) is -2.99. The SMILES string of the molecule is CC1CCN(c2ccc(C(=O)O)cc2NC(=O)c2ccc(F)cc2)CC1.O=C(O)C(F)(F)F. The number of hydrogen-bond donors (Lipinski definition) is 3. The lowest BCUT2D eigenvalue weighted by molar-refractivity contribution is -0.192. The molecule has 2 aromatic rings. The zero-order valence-electron chi connectivity index (χ0n) is 17.5. The Balaban J connectivity index is 0.000000479. The number of benzene rings is 2. The Morgan fingerprint density at radius 3 is 1.97 bits per heavy atom. The van der Waals surface area contributed by atoms with Crippen molar-refractivity contribution in [3.8, 4) is 0 Å². The molecule has 178 valence electrons. The molecule has 7 nitrogen and oxygen atoms in total. The van der Waals surface area contributed by atoms with Gasteiger partial charge in [0.15, 0.2) is 0 Å². The highest BCUT2D eigenvalue weighted by atomic mass is 19.4. The van der Waals surface area contributed by atoms with Crippen molar-refractivity contribution in [2.45, 2.75) is 25.9 Å². The zero-order chi connectivity index (χ0) is 24.8. The molecule has 3 N–H and O–H groups in total. The number of anilines is 2. The van der Waals surface area contributed by atoms with Crippen LogP contribution in [0.4, 0.5) is 28.9 Å². The minimum absolute atomic E-state index is 0.105. The average Bonchev–Trinajstić information content (AvgIpc) is 2.74. The normalized spacial score (nSPS) is 14.2. The standard InChI is InChI=1S/C20H21FN2O3.C2HF3O2/c1-13-8-10-23(11-9-13)18-7-4-15(20(25)26)12-17(18)22-19(24)14-2-5-16(21)6-3-14;3-2(4,5)1(6)7/h2-7,12-13H,8-11H2,1H3,(H,22,24)(H,25,26);(H,6,7). The van der Waals surface area contributed by atoms with Gasteiger partial charge in [-0.05, 0) is 61.2 Å². The minimum atomic E-state index is -5.08. The molecule has 1 saturated heterocycles. The van der Waals surface area contributed by atoms with Crippen LogP contribution in [0.1, 0.15) is 40.5 Å². The smallest absolute Gasteiger partial charge is 0.478 e. The first-order valence-electron chi connectivity index (χ1n) is 9.87. The quantitative estimate of drug-likeness (QED) is 0.562. The molecule has 33 heavy (non-hydrogen) atoms. The molecule has 2 aromatic carbocycles. The van der Waals surface area contributed by atoms with Crippen LogP contribution in [0.2, 0.25) is 0 Å². The van der Waals surface area contributed by atoms with Crippen LogP contribution >= 0.6 is 0 Å². The monoisotopic (exact) mass is 470 g/mol. The van der Waals surface area contributed by atoms with E-state index in [-0.39, 0.29) is 5.56 Å². The van der Waals surface area contributed by atoms with Gasteiger partial charge >= 0.3 is 18.1 Å². The number of nitrogens with zero attached hydrogens (tertiary/aromatic N) is 1. The van der Waals surface area contributed by atoms with Gasteiger partial charge in [-0.25, -0.2) is 14.0 Å². The maximum absolute atomic E-state index is 13.1. The lowest BCUT2D eigenvalue weighted by Crippen LogP contribution is -2.33. The van der Waals surface area contributed by atoms with E-state index in [9.17, 15) is 32.3 Å². The van der Waals surface area contributed by atoms with Crippen molar-refractivity contribution < 1.29 is 42.2 Å². The summed E-state index contributed by atoms with van der Waals surface area (Å²) in [4.78, 5) is 34.9. The topological polar surface area (TPSA) is 107 Å². The number of aliphatic carboxylic acids is 1. The number of piperidine rings is 1. The Labute approximate surface area is 186 Å². The van der Waals surface area contributed by atoms with Gasteiger partial charge in [-0.3, -0.25) is 4.79 Å². The number of amides is 1. The summed E-state index contributed by atoms with van der Waals surface area (Å²) in [5.74, 6) is -3.98. The number of carboxylic acid groups (broad SMARTS) is 2. The van der Waals surface area contributed by atoms with Gasteiger partial charge in [-0.15, -0.1) is 0 Å². The summed E-state index contributed by atoms with van der Waals surface area (Å²) in [5.41, 5.74) is 1.67. The van der Waals surface area contributed by atoms with E-state index in [2.05, 4.69) is 17.1 Å². The van der Waals surface area contributed by atoms with Crippen molar-refractivity contribution >= 4 is 29.2 Å². The Hall–Kier alpha value is -3.63. The maximum Gasteiger partial charge on any atom is 0.490 e. The van der Waals surface area contributed by atoms with Crippen molar-refractivity contribution in [3.63, 3.8) is 0 Å². The molecule has 0 unspecified atom stereocenters. The summed E-state index contributed by atoms with van der Waals surface area (Å²) < 4.78 is 44.8. The molecule has 11 heteroatoms. The lowest BCUT2D eigenvalue weighted by Gasteiger charge is -2.33. The van der Waals surface area contributed by atoms with Crippen LogP contribution in [0.15, 0.2) is 42.5 Å². The molecule has 1 heterocycles. The predicted molar refractivity (Wildman–Crippen MR) is 112 cm³/mol. The molecule has 0 spiro atoms. The Kier molecular flexibility index (Phi) is 8.38. The van der Waals surface area contributed by atoms with E-state index >= 15 is 0 Å². The van der Waals surface area contributed by atoms with Crippen molar-refractivity contribution in [2.24, 2.45) is 5.92 Å². The first kappa shape index (κ1) is 25.6. The molecule has 1 fully saturated rings. The Bertz CT molecular complexity index is 1000. The number of rotatable bonds is 4. The van der Waals surface area contributed by atoms with Crippen molar-refractivity contribution in [3.05, 3.63) is 59.4 Å². The van der Waals surface area contributed by atoms with Gasteiger partial charge in [-0.1, -0.05) is 6.92 Å². The molecule has 0 aromatic heterocycles. The second kappa shape index (κ2) is 10.8. The second-order valence-corrected chi connectivity index (χ2v) is 7.47. The van der Waals surface area contributed by atoms with E-state index < -0.39 is 29.8 Å². The average molecular weight is 470 g/mol. The molecule has 0 saturated carbocycles.